The van der Waals surface area contributed by atoms with Gasteiger partial charge in [-0.2, -0.15) is 0 Å². The Kier molecular flexibility index (Phi) is 4.49. The van der Waals surface area contributed by atoms with Crippen molar-refractivity contribution < 1.29 is 8.42 Å². The van der Waals surface area contributed by atoms with Crippen molar-refractivity contribution in [2.75, 3.05) is 10.5 Å². The van der Waals surface area contributed by atoms with Gasteiger partial charge in [0.05, 0.1) is 5.75 Å². The highest BCUT2D eigenvalue weighted by Crippen LogP contribution is 2.33. The highest BCUT2D eigenvalue weighted by Gasteiger charge is 2.13. The highest BCUT2D eigenvalue weighted by atomic mass is 32.2. The molecule has 0 aliphatic heterocycles. The standard InChI is InChI=1S/C12H19NO2S2/c1-5-17(14,15)13-10-7-6-8-11(9-10)16-12(2,3)4/h6-9,13H,5H2,1-4H3. The van der Waals surface area contributed by atoms with E-state index in [2.05, 4.69) is 25.5 Å². The molecule has 3 nitrogen and oxygen atoms in total. The third-order valence-corrected chi connectivity index (χ3v) is 4.32. The molecule has 96 valence electrons. The minimum Gasteiger partial charge on any atom is -0.284 e. The number of thioether (sulfide) groups is 1. The second kappa shape index (κ2) is 5.31. The zero-order chi connectivity index (χ0) is 13.1. The van der Waals surface area contributed by atoms with E-state index in [-0.39, 0.29) is 10.5 Å². The number of rotatable bonds is 4. The van der Waals surface area contributed by atoms with Crippen LogP contribution < -0.4 is 4.72 Å². The lowest BCUT2D eigenvalue weighted by Gasteiger charge is -2.18. The average Bonchev–Trinajstić information content (AvgIpc) is 2.14. The molecule has 0 amide bonds. The van der Waals surface area contributed by atoms with Crippen LogP contribution in [0.5, 0.6) is 0 Å². The number of nitrogens with one attached hydrogen (secondary N) is 1. The molecule has 1 aromatic rings. The normalized spacial score (nSPS) is 12.5. The lowest BCUT2D eigenvalue weighted by Crippen LogP contribution is -2.14. The molecule has 0 atom stereocenters. The zero-order valence-corrected chi connectivity index (χ0v) is 12.3. The monoisotopic (exact) mass is 273 g/mol. The summed E-state index contributed by atoms with van der Waals surface area (Å²) in [7, 11) is -3.19. The van der Waals surface area contributed by atoms with Gasteiger partial charge in [-0.05, 0) is 25.1 Å². The van der Waals surface area contributed by atoms with Crippen molar-refractivity contribution in [2.24, 2.45) is 0 Å². The Labute approximate surface area is 108 Å². The summed E-state index contributed by atoms with van der Waals surface area (Å²) in [6.07, 6.45) is 0. The predicted molar refractivity (Wildman–Crippen MR) is 75.1 cm³/mol. The zero-order valence-electron chi connectivity index (χ0n) is 10.6. The van der Waals surface area contributed by atoms with Crippen LogP contribution in [0.4, 0.5) is 5.69 Å². The van der Waals surface area contributed by atoms with Crippen LogP contribution in [0.15, 0.2) is 29.2 Å². The molecule has 0 aliphatic rings. The number of sulfonamides is 1. The van der Waals surface area contributed by atoms with Crippen LogP contribution in [0.3, 0.4) is 0 Å². The van der Waals surface area contributed by atoms with Gasteiger partial charge in [0.25, 0.3) is 0 Å². The number of benzene rings is 1. The molecule has 5 heteroatoms. The van der Waals surface area contributed by atoms with Crippen molar-refractivity contribution in [1.82, 2.24) is 0 Å². The summed E-state index contributed by atoms with van der Waals surface area (Å²) in [5.74, 6) is 0.0869. The Balaban J connectivity index is 2.87. The Morgan fingerprint density at radius 3 is 2.47 bits per heavy atom. The summed E-state index contributed by atoms with van der Waals surface area (Å²) >= 11 is 1.71. The van der Waals surface area contributed by atoms with Crippen LogP contribution in [0.25, 0.3) is 0 Å². The van der Waals surface area contributed by atoms with Crippen LogP contribution >= 0.6 is 11.8 Å². The van der Waals surface area contributed by atoms with E-state index in [1.54, 1.807) is 24.8 Å². The Morgan fingerprint density at radius 1 is 1.29 bits per heavy atom. The van der Waals surface area contributed by atoms with Crippen molar-refractivity contribution in [3.05, 3.63) is 24.3 Å². The quantitative estimate of drug-likeness (QED) is 0.856. The molecule has 17 heavy (non-hydrogen) atoms. The van der Waals surface area contributed by atoms with E-state index in [0.29, 0.717) is 5.69 Å². The van der Waals surface area contributed by atoms with Gasteiger partial charge >= 0.3 is 0 Å². The third kappa shape index (κ3) is 5.46. The molecule has 0 aliphatic carbocycles. The summed E-state index contributed by atoms with van der Waals surface area (Å²) in [4.78, 5) is 1.06. The number of hydrogen-bond donors (Lipinski definition) is 1. The molecule has 0 bridgehead atoms. The van der Waals surface area contributed by atoms with Gasteiger partial charge in [0.2, 0.25) is 10.0 Å². The van der Waals surface area contributed by atoms with Crippen molar-refractivity contribution in [2.45, 2.75) is 37.3 Å². The van der Waals surface area contributed by atoms with E-state index in [4.69, 9.17) is 0 Å². The summed E-state index contributed by atoms with van der Waals surface area (Å²) in [5.41, 5.74) is 0.626. The van der Waals surface area contributed by atoms with E-state index in [1.165, 1.54) is 0 Å². The summed E-state index contributed by atoms with van der Waals surface area (Å²) in [6.45, 7) is 8.00. The minimum absolute atomic E-state index is 0.0869. The lowest BCUT2D eigenvalue weighted by molar-refractivity contribution is 0.602. The Morgan fingerprint density at radius 2 is 1.94 bits per heavy atom. The molecule has 1 N–H and O–H groups in total. The smallest absolute Gasteiger partial charge is 0.232 e. The first-order valence-corrected chi connectivity index (χ1v) is 7.98. The van der Waals surface area contributed by atoms with Gasteiger partial charge in [0, 0.05) is 15.3 Å². The number of anilines is 1. The minimum atomic E-state index is -3.19. The largest absolute Gasteiger partial charge is 0.284 e. The van der Waals surface area contributed by atoms with Crippen molar-refractivity contribution in [3.63, 3.8) is 0 Å². The molecule has 0 radical (unpaired) electrons. The van der Waals surface area contributed by atoms with Crippen molar-refractivity contribution in [3.8, 4) is 0 Å². The van der Waals surface area contributed by atoms with Gasteiger partial charge in [-0.25, -0.2) is 8.42 Å². The van der Waals surface area contributed by atoms with Gasteiger partial charge < -0.3 is 0 Å². The molecular weight excluding hydrogens is 254 g/mol. The van der Waals surface area contributed by atoms with E-state index in [9.17, 15) is 8.42 Å². The molecule has 0 fully saturated rings. The van der Waals surface area contributed by atoms with E-state index >= 15 is 0 Å². The van der Waals surface area contributed by atoms with Gasteiger partial charge in [0.1, 0.15) is 0 Å². The van der Waals surface area contributed by atoms with Crippen LogP contribution in [-0.2, 0) is 10.0 Å². The lowest BCUT2D eigenvalue weighted by atomic mass is 10.3. The predicted octanol–water partition coefficient (Wildman–Crippen LogP) is 3.34. The van der Waals surface area contributed by atoms with Gasteiger partial charge in [0.15, 0.2) is 0 Å². The van der Waals surface area contributed by atoms with E-state index in [1.807, 2.05) is 18.2 Å². The summed E-state index contributed by atoms with van der Waals surface area (Å²) in [5, 5.41) is 0. The third-order valence-electron chi connectivity index (χ3n) is 1.91. The van der Waals surface area contributed by atoms with E-state index < -0.39 is 10.0 Å². The second-order valence-electron chi connectivity index (χ2n) is 4.75. The molecule has 0 aromatic heterocycles. The molecule has 1 aromatic carbocycles. The van der Waals surface area contributed by atoms with Crippen LogP contribution in [0.2, 0.25) is 0 Å². The molecule has 0 saturated heterocycles. The fraction of sp³-hybridized carbons (Fsp3) is 0.500. The van der Waals surface area contributed by atoms with E-state index in [0.717, 1.165) is 4.90 Å². The first kappa shape index (κ1) is 14.4. The molecule has 1 rings (SSSR count). The first-order chi connectivity index (χ1) is 7.72. The maximum Gasteiger partial charge on any atom is 0.232 e. The molecule has 0 unspecified atom stereocenters. The topological polar surface area (TPSA) is 46.2 Å². The average molecular weight is 273 g/mol. The molecule has 0 spiro atoms. The van der Waals surface area contributed by atoms with Crippen LogP contribution in [0.1, 0.15) is 27.7 Å². The summed E-state index contributed by atoms with van der Waals surface area (Å²) < 4.78 is 25.6. The maximum atomic E-state index is 11.4. The maximum absolute atomic E-state index is 11.4. The van der Waals surface area contributed by atoms with Crippen LogP contribution in [0, 0.1) is 0 Å². The first-order valence-electron chi connectivity index (χ1n) is 5.51. The number of hydrogen-bond acceptors (Lipinski definition) is 3. The summed E-state index contributed by atoms with van der Waals surface area (Å²) in [6, 6.07) is 7.48. The molecule has 0 saturated carbocycles. The highest BCUT2D eigenvalue weighted by molar-refractivity contribution is 8.00. The van der Waals surface area contributed by atoms with Crippen LogP contribution in [-0.4, -0.2) is 18.9 Å². The molecular formula is C12H19NO2S2. The molecule has 0 heterocycles. The van der Waals surface area contributed by atoms with Gasteiger partial charge in [-0.15, -0.1) is 11.8 Å². The SMILES string of the molecule is CCS(=O)(=O)Nc1cccc(SC(C)(C)C)c1. The Bertz CT molecular complexity index is 476. The van der Waals surface area contributed by atoms with Gasteiger partial charge in [-0.3, -0.25) is 4.72 Å². The fourth-order valence-corrected chi connectivity index (χ4v) is 2.90. The van der Waals surface area contributed by atoms with Gasteiger partial charge in [-0.1, -0.05) is 26.8 Å². The Hall–Kier alpha value is -0.680. The van der Waals surface area contributed by atoms with Crippen molar-refractivity contribution >= 4 is 27.5 Å². The second-order valence-corrected chi connectivity index (χ2v) is 8.66. The fourth-order valence-electron chi connectivity index (χ4n) is 1.23. The van der Waals surface area contributed by atoms with Crippen molar-refractivity contribution in [1.29, 1.82) is 0 Å².